The molecule has 0 aromatic heterocycles. The van der Waals surface area contributed by atoms with Gasteiger partial charge in [-0.1, -0.05) is 60.8 Å². The van der Waals surface area contributed by atoms with Gasteiger partial charge in [0.25, 0.3) is 0 Å². The van der Waals surface area contributed by atoms with Crippen LogP contribution in [0.4, 0.5) is 0 Å². The van der Waals surface area contributed by atoms with Gasteiger partial charge < -0.3 is 0 Å². The second kappa shape index (κ2) is 5.35. The monoisotopic (exact) mass is 314 g/mol. The van der Waals surface area contributed by atoms with Gasteiger partial charge >= 0.3 is 0 Å². The summed E-state index contributed by atoms with van der Waals surface area (Å²) in [6.45, 7) is 7.91. The number of hydrogen-bond donors (Lipinski definition) is 0. The van der Waals surface area contributed by atoms with Crippen LogP contribution in [0.25, 0.3) is 0 Å². The maximum absolute atomic E-state index is 12.5. The first-order valence-electron chi connectivity index (χ1n) is 6.66. The SMILES string of the molecule is C=CC(C)C1=C(C)SC(=C2C(=O)c3ccccc3C2=O)S1. The van der Waals surface area contributed by atoms with Crippen molar-refractivity contribution in [1.29, 1.82) is 0 Å². The molecule has 0 fully saturated rings. The van der Waals surface area contributed by atoms with Crippen molar-refractivity contribution in [2.45, 2.75) is 13.8 Å². The van der Waals surface area contributed by atoms with E-state index in [0.717, 1.165) is 9.14 Å². The van der Waals surface area contributed by atoms with Gasteiger partial charge in [-0.2, -0.15) is 0 Å². The molecule has 1 atom stereocenters. The summed E-state index contributed by atoms with van der Waals surface area (Å²) in [6, 6.07) is 7.03. The molecule has 0 bridgehead atoms. The standard InChI is InChI=1S/C17H14O2S2/c1-4-9(2)16-10(3)20-17(21-16)13-14(18)11-7-5-6-8-12(11)15(13)19/h4-9H,1H2,2-3H3. The molecule has 3 rings (SSSR count). The molecular weight excluding hydrogens is 300 g/mol. The molecule has 1 aliphatic carbocycles. The molecule has 21 heavy (non-hydrogen) atoms. The van der Waals surface area contributed by atoms with E-state index in [1.165, 1.54) is 28.4 Å². The second-order valence-electron chi connectivity index (χ2n) is 5.02. The average molecular weight is 314 g/mol. The van der Waals surface area contributed by atoms with Crippen LogP contribution in [0.1, 0.15) is 34.6 Å². The summed E-state index contributed by atoms with van der Waals surface area (Å²) in [6.07, 6.45) is 1.88. The molecule has 1 aromatic rings. The maximum atomic E-state index is 12.5. The van der Waals surface area contributed by atoms with Gasteiger partial charge in [0.05, 0.1) is 9.81 Å². The second-order valence-corrected chi connectivity index (χ2v) is 7.55. The number of hydrogen-bond acceptors (Lipinski definition) is 4. The Morgan fingerprint density at radius 2 is 1.67 bits per heavy atom. The number of allylic oxidation sites excluding steroid dienone is 4. The number of benzene rings is 1. The summed E-state index contributed by atoms with van der Waals surface area (Å²) in [7, 11) is 0. The fourth-order valence-corrected chi connectivity index (χ4v) is 5.27. The normalized spacial score (nSPS) is 19.3. The van der Waals surface area contributed by atoms with Crippen molar-refractivity contribution in [3.05, 3.63) is 67.7 Å². The van der Waals surface area contributed by atoms with E-state index in [4.69, 9.17) is 0 Å². The highest BCUT2D eigenvalue weighted by atomic mass is 32.2. The Balaban J connectivity index is 2.03. The summed E-state index contributed by atoms with van der Waals surface area (Å²) in [4.78, 5) is 27.3. The highest BCUT2D eigenvalue weighted by Gasteiger charge is 2.37. The Hall–Kier alpha value is -1.52. The Morgan fingerprint density at radius 1 is 1.10 bits per heavy atom. The molecule has 2 aliphatic rings. The number of carbonyl (C=O) groups is 2. The molecule has 1 aromatic carbocycles. The van der Waals surface area contributed by atoms with Crippen LogP contribution in [0.5, 0.6) is 0 Å². The van der Waals surface area contributed by atoms with Gasteiger partial charge in [0.15, 0.2) is 11.6 Å². The molecule has 1 aliphatic heterocycles. The summed E-state index contributed by atoms with van der Waals surface area (Å²) in [5.41, 5.74) is 1.37. The first-order chi connectivity index (χ1) is 10.0. The van der Waals surface area contributed by atoms with E-state index in [1.807, 2.05) is 13.0 Å². The maximum Gasteiger partial charge on any atom is 0.199 e. The fourth-order valence-electron chi connectivity index (χ4n) is 2.44. The van der Waals surface area contributed by atoms with E-state index < -0.39 is 0 Å². The van der Waals surface area contributed by atoms with Crippen molar-refractivity contribution < 1.29 is 9.59 Å². The van der Waals surface area contributed by atoms with Crippen LogP contribution in [0.15, 0.2) is 56.5 Å². The molecule has 106 valence electrons. The van der Waals surface area contributed by atoms with Crippen LogP contribution in [0, 0.1) is 5.92 Å². The van der Waals surface area contributed by atoms with Crippen LogP contribution in [-0.2, 0) is 0 Å². The summed E-state index contributed by atoms with van der Waals surface area (Å²) >= 11 is 3.06. The van der Waals surface area contributed by atoms with Crippen molar-refractivity contribution in [2.24, 2.45) is 5.92 Å². The zero-order valence-corrected chi connectivity index (χ0v) is 13.4. The molecular formula is C17H14O2S2. The lowest BCUT2D eigenvalue weighted by atomic mass is 10.1. The van der Waals surface area contributed by atoms with Gasteiger partial charge in [-0.05, 0) is 11.8 Å². The molecule has 0 amide bonds. The Kier molecular flexibility index (Phi) is 3.68. The van der Waals surface area contributed by atoms with Gasteiger partial charge in [-0.25, -0.2) is 0 Å². The molecule has 0 saturated heterocycles. The van der Waals surface area contributed by atoms with E-state index in [1.54, 1.807) is 24.3 Å². The minimum atomic E-state index is -0.147. The number of fused-ring (bicyclic) bond motifs is 1. The van der Waals surface area contributed by atoms with Crippen LogP contribution in [0.3, 0.4) is 0 Å². The lowest BCUT2D eigenvalue weighted by Gasteiger charge is -2.06. The molecule has 1 unspecified atom stereocenters. The van der Waals surface area contributed by atoms with Crippen LogP contribution >= 0.6 is 23.5 Å². The summed E-state index contributed by atoms with van der Waals surface area (Å²) < 4.78 is 0.808. The van der Waals surface area contributed by atoms with Crippen molar-refractivity contribution in [3.8, 4) is 0 Å². The largest absolute Gasteiger partial charge is 0.288 e. The molecule has 0 N–H and O–H groups in total. The number of Topliss-reactive ketones (excluding diaryl/α,β-unsaturated/α-hetero) is 2. The number of ketones is 2. The van der Waals surface area contributed by atoms with Crippen LogP contribution < -0.4 is 0 Å². The molecule has 1 heterocycles. The van der Waals surface area contributed by atoms with E-state index >= 15 is 0 Å². The minimum absolute atomic E-state index is 0.147. The van der Waals surface area contributed by atoms with Crippen LogP contribution in [0.2, 0.25) is 0 Å². The zero-order chi connectivity index (χ0) is 15.1. The van der Waals surface area contributed by atoms with E-state index in [-0.39, 0.29) is 17.5 Å². The van der Waals surface area contributed by atoms with Gasteiger partial charge in [0.2, 0.25) is 0 Å². The first kappa shape index (κ1) is 14.4. The zero-order valence-electron chi connectivity index (χ0n) is 11.8. The topological polar surface area (TPSA) is 34.1 Å². The van der Waals surface area contributed by atoms with Crippen molar-refractivity contribution in [3.63, 3.8) is 0 Å². The highest BCUT2D eigenvalue weighted by Crippen LogP contribution is 2.54. The third kappa shape index (κ3) is 2.23. The number of carbonyl (C=O) groups excluding carboxylic acids is 2. The minimum Gasteiger partial charge on any atom is -0.288 e. The predicted molar refractivity (Wildman–Crippen MR) is 89.4 cm³/mol. The van der Waals surface area contributed by atoms with Gasteiger partial charge in [0, 0.05) is 21.9 Å². The Morgan fingerprint density at radius 3 is 2.19 bits per heavy atom. The number of rotatable bonds is 2. The third-order valence-corrected chi connectivity index (χ3v) is 6.47. The van der Waals surface area contributed by atoms with Crippen molar-refractivity contribution in [1.82, 2.24) is 0 Å². The van der Waals surface area contributed by atoms with Crippen molar-refractivity contribution in [2.75, 3.05) is 0 Å². The molecule has 0 saturated carbocycles. The van der Waals surface area contributed by atoms with Crippen molar-refractivity contribution >= 4 is 35.1 Å². The van der Waals surface area contributed by atoms with E-state index in [0.29, 0.717) is 16.7 Å². The highest BCUT2D eigenvalue weighted by molar-refractivity contribution is 8.28. The Labute approximate surface area is 132 Å². The third-order valence-electron chi connectivity index (χ3n) is 3.64. The fraction of sp³-hybridized carbons (Fsp3) is 0.176. The average Bonchev–Trinajstić information content (AvgIpc) is 2.98. The van der Waals surface area contributed by atoms with E-state index in [9.17, 15) is 9.59 Å². The lowest BCUT2D eigenvalue weighted by molar-refractivity contribution is 0.0989. The quantitative estimate of drug-likeness (QED) is 0.445. The molecule has 2 nitrogen and oxygen atoms in total. The Bertz CT molecular complexity index is 704. The lowest BCUT2D eigenvalue weighted by Crippen LogP contribution is -2.02. The molecule has 0 spiro atoms. The number of thioether (sulfide) groups is 2. The van der Waals surface area contributed by atoms with Gasteiger partial charge in [0.1, 0.15) is 0 Å². The predicted octanol–water partition coefficient (Wildman–Crippen LogP) is 4.81. The van der Waals surface area contributed by atoms with Gasteiger partial charge in [-0.15, -0.1) is 6.58 Å². The molecule has 0 radical (unpaired) electrons. The smallest absolute Gasteiger partial charge is 0.199 e. The summed E-state index contributed by atoms with van der Waals surface area (Å²) in [5, 5.41) is 0. The summed E-state index contributed by atoms with van der Waals surface area (Å²) in [5.74, 6) is -0.0635. The van der Waals surface area contributed by atoms with Crippen LogP contribution in [-0.4, -0.2) is 11.6 Å². The molecule has 4 heteroatoms. The van der Waals surface area contributed by atoms with E-state index in [2.05, 4.69) is 13.5 Å². The first-order valence-corrected chi connectivity index (χ1v) is 8.29. The van der Waals surface area contributed by atoms with Gasteiger partial charge in [-0.3, -0.25) is 9.59 Å².